The summed E-state index contributed by atoms with van der Waals surface area (Å²) >= 11 is 5.53. The van der Waals surface area contributed by atoms with Crippen molar-refractivity contribution in [2.75, 3.05) is 0 Å². The van der Waals surface area contributed by atoms with Crippen LogP contribution in [0.5, 0.6) is 0 Å². The molecule has 0 atom stereocenters. The number of hydrogen-bond acceptors (Lipinski definition) is 2. The smallest absolute Gasteiger partial charge is 0.233 e. The van der Waals surface area contributed by atoms with Crippen LogP contribution in [0.2, 0.25) is 5.15 Å². The first-order chi connectivity index (χ1) is 6.06. The van der Waals surface area contributed by atoms with E-state index >= 15 is 0 Å². The summed E-state index contributed by atoms with van der Waals surface area (Å²) in [5, 5.41) is 8.52. The summed E-state index contributed by atoms with van der Waals surface area (Å²) in [6.45, 7) is 1.60. The van der Waals surface area contributed by atoms with Crippen molar-refractivity contribution >= 4 is 11.6 Å². The SMILES string of the molecule is Cc1cc(C#N)c(C(F)F)nc1Cl. The average Bonchev–Trinajstić information content (AvgIpc) is 2.08. The van der Waals surface area contributed by atoms with Gasteiger partial charge in [-0.25, -0.2) is 13.8 Å². The van der Waals surface area contributed by atoms with Gasteiger partial charge in [0.1, 0.15) is 16.9 Å². The summed E-state index contributed by atoms with van der Waals surface area (Å²) in [4.78, 5) is 3.44. The second-order valence-corrected chi connectivity index (χ2v) is 2.80. The van der Waals surface area contributed by atoms with Gasteiger partial charge in [-0.15, -0.1) is 0 Å². The van der Waals surface area contributed by atoms with E-state index in [0.29, 0.717) is 5.56 Å². The van der Waals surface area contributed by atoms with E-state index in [0.717, 1.165) is 0 Å². The third-order valence-electron chi connectivity index (χ3n) is 1.51. The monoisotopic (exact) mass is 202 g/mol. The minimum absolute atomic E-state index is 0.00861. The van der Waals surface area contributed by atoms with E-state index in [1.54, 1.807) is 13.0 Å². The highest BCUT2D eigenvalue weighted by molar-refractivity contribution is 6.30. The Labute approximate surface area is 78.8 Å². The van der Waals surface area contributed by atoms with Gasteiger partial charge in [0, 0.05) is 0 Å². The number of alkyl halides is 2. The minimum Gasteiger partial charge on any atom is -0.233 e. The van der Waals surface area contributed by atoms with Gasteiger partial charge < -0.3 is 0 Å². The van der Waals surface area contributed by atoms with Crippen LogP contribution in [0.1, 0.15) is 23.2 Å². The zero-order valence-corrected chi connectivity index (χ0v) is 7.44. The van der Waals surface area contributed by atoms with Gasteiger partial charge in [-0.1, -0.05) is 11.6 Å². The highest BCUT2D eigenvalue weighted by atomic mass is 35.5. The van der Waals surface area contributed by atoms with Gasteiger partial charge >= 0.3 is 0 Å². The van der Waals surface area contributed by atoms with Gasteiger partial charge in [-0.2, -0.15) is 5.26 Å². The molecule has 2 nitrogen and oxygen atoms in total. The molecule has 0 aliphatic rings. The zero-order valence-electron chi connectivity index (χ0n) is 6.68. The maximum absolute atomic E-state index is 12.3. The Kier molecular flexibility index (Phi) is 2.79. The Bertz CT molecular complexity index is 371. The summed E-state index contributed by atoms with van der Waals surface area (Å²) in [5.74, 6) is 0. The Hall–Kier alpha value is -1.21. The summed E-state index contributed by atoms with van der Waals surface area (Å²) in [6, 6.07) is 2.95. The molecule has 68 valence electrons. The summed E-state index contributed by atoms with van der Waals surface area (Å²) in [6.07, 6.45) is -2.77. The molecule has 0 amide bonds. The van der Waals surface area contributed by atoms with Crippen LogP contribution < -0.4 is 0 Å². The standard InChI is InChI=1S/C8H5ClF2N2/c1-4-2-5(3-12)6(8(10)11)13-7(4)9/h2,8H,1H3. The van der Waals surface area contributed by atoms with Crippen LogP contribution >= 0.6 is 11.6 Å². The Balaban J connectivity index is 3.35. The van der Waals surface area contributed by atoms with E-state index in [1.165, 1.54) is 6.07 Å². The Morgan fingerprint density at radius 1 is 1.62 bits per heavy atom. The van der Waals surface area contributed by atoms with Crippen LogP contribution in [-0.2, 0) is 0 Å². The molecule has 0 fully saturated rings. The second kappa shape index (κ2) is 3.67. The predicted octanol–water partition coefficient (Wildman–Crippen LogP) is 2.85. The van der Waals surface area contributed by atoms with Crippen molar-refractivity contribution in [3.63, 3.8) is 0 Å². The van der Waals surface area contributed by atoms with Gasteiger partial charge in [0.05, 0.1) is 5.56 Å². The van der Waals surface area contributed by atoms with E-state index in [9.17, 15) is 8.78 Å². The second-order valence-electron chi connectivity index (χ2n) is 2.44. The number of rotatable bonds is 1. The number of nitriles is 1. The maximum Gasteiger partial charge on any atom is 0.281 e. The number of aromatic nitrogens is 1. The number of aryl methyl sites for hydroxylation is 1. The van der Waals surface area contributed by atoms with E-state index in [1.807, 2.05) is 0 Å². The van der Waals surface area contributed by atoms with Gasteiger partial charge in [0.2, 0.25) is 0 Å². The van der Waals surface area contributed by atoms with Crippen LogP contribution in [0, 0.1) is 18.3 Å². The number of hydrogen-bond donors (Lipinski definition) is 0. The van der Waals surface area contributed by atoms with Crippen molar-refractivity contribution in [2.45, 2.75) is 13.3 Å². The molecule has 0 aliphatic heterocycles. The van der Waals surface area contributed by atoms with E-state index in [2.05, 4.69) is 4.98 Å². The fourth-order valence-corrected chi connectivity index (χ4v) is 1.01. The van der Waals surface area contributed by atoms with Gasteiger partial charge in [0.25, 0.3) is 6.43 Å². The highest BCUT2D eigenvalue weighted by Gasteiger charge is 2.16. The molecule has 0 saturated heterocycles. The maximum atomic E-state index is 12.3. The number of pyridine rings is 1. The lowest BCUT2D eigenvalue weighted by Crippen LogP contribution is -1.97. The quantitative estimate of drug-likeness (QED) is 0.657. The lowest BCUT2D eigenvalue weighted by atomic mass is 10.1. The number of nitrogens with zero attached hydrogens (tertiary/aromatic N) is 2. The van der Waals surface area contributed by atoms with Crippen LogP contribution in [0.4, 0.5) is 8.78 Å². The molecule has 0 aromatic carbocycles. The molecule has 5 heteroatoms. The summed E-state index contributed by atoms with van der Waals surface area (Å²) in [7, 11) is 0. The lowest BCUT2D eigenvalue weighted by molar-refractivity contribution is 0.145. The molecule has 0 spiro atoms. The normalized spacial score (nSPS) is 10.2. The topological polar surface area (TPSA) is 36.7 Å². The zero-order chi connectivity index (χ0) is 10.0. The molecule has 0 saturated carbocycles. The van der Waals surface area contributed by atoms with Crippen LogP contribution in [0.15, 0.2) is 6.07 Å². The average molecular weight is 203 g/mol. The van der Waals surface area contributed by atoms with Gasteiger partial charge in [-0.05, 0) is 18.6 Å². The molecule has 13 heavy (non-hydrogen) atoms. The first-order valence-corrected chi connectivity index (χ1v) is 3.79. The minimum atomic E-state index is -2.77. The van der Waals surface area contributed by atoms with E-state index in [-0.39, 0.29) is 10.7 Å². The van der Waals surface area contributed by atoms with Gasteiger partial charge in [0.15, 0.2) is 0 Å². The van der Waals surface area contributed by atoms with Crippen molar-refractivity contribution in [3.05, 3.63) is 28.0 Å². The molecule has 1 aromatic heterocycles. The van der Waals surface area contributed by atoms with E-state index in [4.69, 9.17) is 16.9 Å². The molecule has 0 radical (unpaired) electrons. The molecule has 1 heterocycles. The molecular formula is C8H5ClF2N2. The summed E-state index contributed by atoms with van der Waals surface area (Å²) < 4.78 is 24.5. The largest absolute Gasteiger partial charge is 0.281 e. The fraction of sp³-hybridized carbons (Fsp3) is 0.250. The Morgan fingerprint density at radius 2 is 2.23 bits per heavy atom. The summed E-state index contributed by atoms with van der Waals surface area (Å²) in [5.41, 5.74) is -0.169. The van der Waals surface area contributed by atoms with Gasteiger partial charge in [-0.3, -0.25) is 0 Å². The Morgan fingerprint density at radius 3 is 2.69 bits per heavy atom. The fourth-order valence-electron chi connectivity index (χ4n) is 0.860. The van der Waals surface area contributed by atoms with Crippen LogP contribution in [0.25, 0.3) is 0 Å². The van der Waals surface area contributed by atoms with Crippen molar-refractivity contribution in [1.29, 1.82) is 5.26 Å². The highest BCUT2D eigenvalue weighted by Crippen LogP contribution is 2.24. The molecule has 1 aromatic rings. The van der Waals surface area contributed by atoms with Crippen molar-refractivity contribution in [3.8, 4) is 6.07 Å². The van der Waals surface area contributed by atoms with Crippen molar-refractivity contribution in [1.82, 2.24) is 4.98 Å². The first-order valence-electron chi connectivity index (χ1n) is 3.41. The van der Waals surface area contributed by atoms with E-state index < -0.39 is 12.1 Å². The third kappa shape index (κ3) is 1.93. The van der Waals surface area contributed by atoms with Crippen molar-refractivity contribution in [2.24, 2.45) is 0 Å². The van der Waals surface area contributed by atoms with Crippen molar-refractivity contribution < 1.29 is 8.78 Å². The molecule has 0 unspecified atom stereocenters. The number of halogens is 3. The molecule has 1 rings (SSSR count). The molecular weight excluding hydrogens is 198 g/mol. The molecule has 0 N–H and O–H groups in total. The molecule has 0 bridgehead atoms. The predicted molar refractivity (Wildman–Crippen MR) is 43.7 cm³/mol. The first kappa shape index (κ1) is 9.87. The molecule has 0 aliphatic carbocycles. The third-order valence-corrected chi connectivity index (χ3v) is 1.89. The lowest BCUT2D eigenvalue weighted by Gasteiger charge is -2.03. The van der Waals surface area contributed by atoms with Crippen LogP contribution in [0.3, 0.4) is 0 Å². The van der Waals surface area contributed by atoms with Crippen LogP contribution in [-0.4, -0.2) is 4.98 Å².